The highest BCUT2D eigenvalue weighted by Gasteiger charge is 1.99. The molecule has 0 saturated carbocycles. The summed E-state index contributed by atoms with van der Waals surface area (Å²) in [7, 11) is 0. The Morgan fingerprint density at radius 1 is 1.00 bits per heavy atom. The molecule has 0 aromatic rings. The molecule has 17 heavy (non-hydrogen) atoms. The monoisotopic (exact) mass is 245 g/mol. The van der Waals surface area contributed by atoms with Crippen LogP contribution in [-0.4, -0.2) is 39.0 Å². The molecule has 0 spiro atoms. The van der Waals surface area contributed by atoms with Crippen LogP contribution in [-0.2, 0) is 9.47 Å². The van der Waals surface area contributed by atoms with Gasteiger partial charge in [0.05, 0.1) is 13.2 Å². The number of hydrogen-bond acceptors (Lipinski definition) is 3. The van der Waals surface area contributed by atoms with Gasteiger partial charge in [-0.05, 0) is 38.6 Å². The summed E-state index contributed by atoms with van der Waals surface area (Å²) in [5, 5.41) is 3.48. The van der Waals surface area contributed by atoms with E-state index in [0.717, 1.165) is 39.4 Å². The lowest BCUT2D eigenvalue weighted by Gasteiger charge is -2.13. The topological polar surface area (TPSA) is 30.5 Å². The van der Waals surface area contributed by atoms with E-state index in [1.54, 1.807) is 0 Å². The number of rotatable bonds is 12. The fraction of sp³-hybridized carbons (Fsp3) is 1.00. The van der Waals surface area contributed by atoms with Gasteiger partial charge < -0.3 is 14.8 Å². The second-order valence-electron chi connectivity index (χ2n) is 5.08. The van der Waals surface area contributed by atoms with Gasteiger partial charge in [0, 0.05) is 19.3 Å². The van der Waals surface area contributed by atoms with Crippen LogP contribution in [0.1, 0.15) is 47.0 Å². The Balaban J connectivity index is 3.07. The van der Waals surface area contributed by atoms with E-state index in [4.69, 9.17) is 9.47 Å². The predicted molar refractivity (Wildman–Crippen MR) is 73.5 cm³/mol. The lowest BCUT2D eigenvalue weighted by Crippen LogP contribution is -2.26. The fourth-order valence-electron chi connectivity index (χ4n) is 1.52. The van der Waals surface area contributed by atoms with Crippen LogP contribution in [0, 0.1) is 5.92 Å². The molecule has 0 amide bonds. The Kier molecular flexibility index (Phi) is 12.3. The summed E-state index contributed by atoms with van der Waals surface area (Å²) < 4.78 is 11.0. The molecule has 0 aromatic carbocycles. The highest BCUT2D eigenvalue weighted by Crippen LogP contribution is 1.97. The summed E-state index contributed by atoms with van der Waals surface area (Å²) >= 11 is 0. The highest BCUT2D eigenvalue weighted by molar-refractivity contribution is 4.59. The molecule has 0 radical (unpaired) electrons. The van der Waals surface area contributed by atoms with E-state index in [9.17, 15) is 0 Å². The summed E-state index contributed by atoms with van der Waals surface area (Å²) in [6, 6.07) is 0.607. The largest absolute Gasteiger partial charge is 0.379 e. The zero-order valence-electron chi connectivity index (χ0n) is 12.1. The zero-order valence-corrected chi connectivity index (χ0v) is 12.1. The molecule has 0 aliphatic rings. The van der Waals surface area contributed by atoms with Gasteiger partial charge in [-0.25, -0.2) is 0 Å². The fourth-order valence-corrected chi connectivity index (χ4v) is 1.52. The van der Waals surface area contributed by atoms with Crippen LogP contribution in [0.3, 0.4) is 0 Å². The normalized spacial score (nSPS) is 13.2. The smallest absolute Gasteiger partial charge is 0.0700 e. The lowest BCUT2D eigenvalue weighted by atomic mass is 10.2. The van der Waals surface area contributed by atoms with E-state index in [1.807, 2.05) is 0 Å². The van der Waals surface area contributed by atoms with Crippen molar-refractivity contribution in [2.45, 2.75) is 53.0 Å². The molecule has 0 bridgehead atoms. The van der Waals surface area contributed by atoms with Crippen LogP contribution in [0.4, 0.5) is 0 Å². The van der Waals surface area contributed by atoms with Crippen molar-refractivity contribution in [1.82, 2.24) is 5.32 Å². The molecule has 0 rings (SSSR count). The van der Waals surface area contributed by atoms with Crippen molar-refractivity contribution in [2.75, 3.05) is 33.0 Å². The summed E-state index contributed by atoms with van der Waals surface area (Å²) in [5.41, 5.74) is 0. The van der Waals surface area contributed by atoms with Gasteiger partial charge in [0.2, 0.25) is 0 Å². The van der Waals surface area contributed by atoms with Crippen LogP contribution >= 0.6 is 0 Å². The van der Waals surface area contributed by atoms with E-state index in [1.165, 1.54) is 12.8 Å². The van der Waals surface area contributed by atoms with Crippen LogP contribution < -0.4 is 5.32 Å². The third-order valence-electron chi connectivity index (χ3n) is 2.49. The third-order valence-corrected chi connectivity index (χ3v) is 2.49. The van der Waals surface area contributed by atoms with Crippen molar-refractivity contribution < 1.29 is 9.47 Å². The van der Waals surface area contributed by atoms with Gasteiger partial charge in [-0.1, -0.05) is 20.8 Å². The summed E-state index contributed by atoms with van der Waals surface area (Å²) in [4.78, 5) is 0. The van der Waals surface area contributed by atoms with Crippen molar-refractivity contribution in [2.24, 2.45) is 5.92 Å². The molecule has 3 heteroatoms. The molecule has 0 aromatic heterocycles. The number of hydrogen-bond donors (Lipinski definition) is 1. The van der Waals surface area contributed by atoms with Crippen LogP contribution in [0.2, 0.25) is 0 Å². The first kappa shape index (κ1) is 16.9. The van der Waals surface area contributed by atoms with Crippen molar-refractivity contribution >= 4 is 0 Å². The standard InChI is InChI=1S/C14H31NO2/c1-5-8-15-14(4)7-6-9-16-10-11-17-12-13(2)3/h13-15H,5-12H2,1-4H3. The molecule has 1 atom stereocenters. The summed E-state index contributed by atoms with van der Waals surface area (Å²) in [5.74, 6) is 0.612. The van der Waals surface area contributed by atoms with Crippen molar-refractivity contribution in [3.63, 3.8) is 0 Å². The molecule has 0 saturated heterocycles. The predicted octanol–water partition coefficient (Wildman–Crippen LogP) is 2.84. The van der Waals surface area contributed by atoms with Crippen LogP contribution in [0.15, 0.2) is 0 Å². The molecule has 104 valence electrons. The first-order valence-electron chi connectivity index (χ1n) is 7.05. The SMILES string of the molecule is CCCNC(C)CCCOCCOCC(C)C. The van der Waals surface area contributed by atoms with Gasteiger partial charge >= 0.3 is 0 Å². The Morgan fingerprint density at radius 2 is 1.71 bits per heavy atom. The molecule has 0 aliphatic carbocycles. The summed E-state index contributed by atoms with van der Waals surface area (Å²) in [6.45, 7) is 13.0. The van der Waals surface area contributed by atoms with Crippen molar-refractivity contribution in [1.29, 1.82) is 0 Å². The van der Waals surface area contributed by atoms with E-state index in [-0.39, 0.29) is 0 Å². The van der Waals surface area contributed by atoms with Crippen LogP contribution in [0.5, 0.6) is 0 Å². The van der Waals surface area contributed by atoms with Gasteiger partial charge in [0.15, 0.2) is 0 Å². The Labute approximate surface area is 107 Å². The first-order chi connectivity index (χ1) is 8.16. The molecule has 1 N–H and O–H groups in total. The lowest BCUT2D eigenvalue weighted by molar-refractivity contribution is 0.0362. The van der Waals surface area contributed by atoms with E-state index in [2.05, 4.69) is 33.0 Å². The van der Waals surface area contributed by atoms with Gasteiger partial charge in [-0.3, -0.25) is 0 Å². The second-order valence-corrected chi connectivity index (χ2v) is 5.08. The van der Waals surface area contributed by atoms with Gasteiger partial charge in [-0.15, -0.1) is 0 Å². The molecule has 1 unspecified atom stereocenters. The van der Waals surface area contributed by atoms with E-state index < -0.39 is 0 Å². The molecular formula is C14H31NO2. The maximum Gasteiger partial charge on any atom is 0.0700 e. The summed E-state index contributed by atoms with van der Waals surface area (Å²) in [6.07, 6.45) is 3.52. The second kappa shape index (κ2) is 12.3. The third kappa shape index (κ3) is 13.8. The molecular weight excluding hydrogens is 214 g/mol. The Morgan fingerprint density at radius 3 is 2.35 bits per heavy atom. The molecule has 0 aliphatic heterocycles. The zero-order chi connectivity index (χ0) is 12.9. The minimum atomic E-state index is 0.607. The number of nitrogens with one attached hydrogen (secondary N) is 1. The van der Waals surface area contributed by atoms with E-state index >= 15 is 0 Å². The Bertz CT molecular complexity index is 151. The number of ether oxygens (including phenoxy) is 2. The molecule has 0 heterocycles. The van der Waals surface area contributed by atoms with Gasteiger partial charge in [-0.2, -0.15) is 0 Å². The maximum absolute atomic E-state index is 5.52. The van der Waals surface area contributed by atoms with E-state index in [0.29, 0.717) is 12.0 Å². The van der Waals surface area contributed by atoms with Crippen molar-refractivity contribution in [3.05, 3.63) is 0 Å². The molecule has 3 nitrogen and oxygen atoms in total. The minimum Gasteiger partial charge on any atom is -0.379 e. The highest BCUT2D eigenvalue weighted by atomic mass is 16.5. The average molecular weight is 245 g/mol. The van der Waals surface area contributed by atoms with Gasteiger partial charge in [0.25, 0.3) is 0 Å². The quantitative estimate of drug-likeness (QED) is 0.536. The average Bonchev–Trinajstić information content (AvgIpc) is 2.29. The first-order valence-corrected chi connectivity index (χ1v) is 7.05. The van der Waals surface area contributed by atoms with Gasteiger partial charge in [0.1, 0.15) is 0 Å². The van der Waals surface area contributed by atoms with Crippen LogP contribution in [0.25, 0.3) is 0 Å². The maximum atomic E-state index is 5.52. The molecule has 0 fully saturated rings. The Hall–Kier alpha value is -0.120. The minimum absolute atomic E-state index is 0.607. The van der Waals surface area contributed by atoms with Crippen molar-refractivity contribution in [3.8, 4) is 0 Å².